The predicted molar refractivity (Wildman–Crippen MR) is 103 cm³/mol. The van der Waals surface area contributed by atoms with Gasteiger partial charge in [0.2, 0.25) is 0 Å². The fraction of sp³-hybridized carbons (Fsp3) is 0.900. The van der Waals surface area contributed by atoms with E-state index in [0.29, 0.717) is 0 Å². The van der Waals surface area contributed by atoms with E-state index in [9.17, 15) is 0 Å². The van der Waals surface area contributed by atoms with Crippen LogP contribution in [-0.2, 0) is 4.43 Å². The summed E-state index contributed by atoms with van der Waals surface area (Å²) in [5, 5.41) is 0.263. The molecule has 0 amide bonds. The molecule has 0 bridgehead atoms. The maximum atomic E-state index is 6.50. The second-order valence-electron chi connectivity index (χ2n) is 8.17. The smallest absolute Gasteiger partial charge is 0.192 e. The second kappa shape index (κ2) is 11.3. The van der Waals surface area contributed by atoms with Crippen LogP contribution in [-0.4, -0.2) is 14.4 Å². The molecule has 0 aliphatic heterocycles. The minimum absolute atomic E-state index is 0.263. The van der Waals surface area contributed by atoms with Crippen LogP contribution in [0.2, 0.25) is 18.1 Å². The van der Waals surface area contributed by atoms with Crippen molar-refractivity contribution in [3.05, 3.63) is 0 Å². The van der Waals surface area contributed by atoms with Gasteiger partial charge in [-0.15, -0.1) is 12.3 Å². The van der Waals surface area contributed by atoms with Gasteiger partial charge in [0.25, 0.3) is 0 Å². The first-order valence-corrected chi connectivity index (χ1v) is 12.3. The molecule has 1 nitrogen and oxygen atoms in total. The Morgan fingerprint density at radius 2 is 1.45 bits per heavy atom. The summed E-state index contributed by atoms with van der Waals surface area (Å²) in [4.78, 5) is 0. The van der Waals surface area contributed by atoms with Gasteiger partial charge in [0.15, 0.2) is 8.32 Å². The largest absolute Gasteiger partial charge is 0.413 e. The van der Waals surface area contributed by atoms with E-state index in [1.807, 2.05) is 0 Å². The first kappa shape index (κ1) is 21.7. The molecule has 22 heavy (non-hydrogen) atoms. The van der Waals surface area contributed by atoms with Crippen LogP contribution < -0.4 is 0 Å². The van der Waals surface area contributed by atoms with Gasteiger partial charge in [-0.3, -0.25) is 0 Å². The number of hydrogen-bond acceptors (Lipinski definition) is 1. The highest BCUT2D eigenvalue weighted by Gasteiger charge is 2.38. The standard InChI is InChI=1S/C20H40OSi/c1-8-10-11-12-13-14-15-16-18-19(17-9-2)21-22(6,7)20(3,4)5/h2,19H,8,10-18H2,1,3-7H3. The fourth-order valence-electron chi connectivity index (χ4n) is 2.43. The van der Waals surface area contributed by atoms with E-state index in [-0.39, 0.29) is 11.1 Å². The van der Waals surface area contributed by atoms with Crippen molar-refractivity contribution in [1.29, 1.82) is 0 Å². The van der Waals surface area contributed by atoms with E-state index in [1.54, 1.807) is 0 Å². The maximum Gasteiger partial charge on any atom is 0.192 e. The van der Waals surface area contributed by atoms with Crippen molar-refractivity contribution in [3.63, 3.8) is 0 Å². The van der Waals surface area contributed by atoms with Crippen molar-refractivity contribution in [1.82, 2.24) is 0 Å². The van der Waals surface area contributed by atoms with Crippen LogP contribution >= 0.6 is 0 Å². The third-order valence-corrected chi connectivity index (χ3v) is 9.53. The van der Waals surface area contributed by atoms with E-state index in [2.05, 4.69) is 46.7 Å². The molecule has 0 heterocycles. The highest BCUT2D eigenvalue weighted by atomic mass is 28.4. The number of rotatable bonds is 12. The Morgan fingerprint density at radius 3 is 1.91 bits per heavy atom. The molecular weight excluding hydrogens is 284 g/mol. The minimum Gasteiger partial charge on any atom is -0.413 e. The van der Waals surface area contributed by atoms with Crippen molar-refractivity contribution in [2.24, 2.45) is 0 Å². The van der Waals surface area contributed by atoms with Gasteiger partial charge in [-0.2, -0.15) is 0 Å². The van der Waals surface area contributed by atoms with E-state index in [1.165, 1.54) is 51.4 Å². The lowest BCUT2D eigenvalue weighted by Crippen LogP contribution is -2.43. The van der Waals surface area contributed by atoms with Crippen molar-refractivity contribution in [2.45, 2.75) is 116 Å². The Labute approximate surface area is 141 Å². The summed E-state index contributed by atoms with van der Waals surface area (Å²) in [6, 6.07) is 0. The molecule has 130 valence electrons. The zero-order valence-electron chi connectivity index (χ0n) is 16.1. The van der Waals surface area contributed by atoms with Crippen LogP contribution in [0.3, 0.4) is 0 Å². The summed E-state index contributed by atoms with van der Waals surface area (Å²) in [6.07, 6.45) is 18.6. The van der Waals surface area contributed by atoms with Gasteiger partial charge >= 0.3 is 0 Å². The molecule has 0 spiro atoms. The van der Waals surface area contributed by atoms with Crippen LogP contribution in [0.4, 0.5) is 0 Å². The third kappa shape index (κ3) is 9.69. The molecule has 0 N–H and O–H groups in total. The van der Waals surface area contributed by atoms with Gasteiger partial charge in [0.05, 0.1) is 6.10 Å². The molecule has 0 aromatic heterocycles. The maximum absolute atomic E-state index is 6.50. The van der Waals surface area contributed by atoms with Gasteiger partial charge in [-0.25, -0.2) is 0 Å². The molecule has 0 aliphatic rings. The summed E-state index contributed by atoms with van der Waals surface area (Å²) in [6.45, 7) is 13.8. The van der Waals surface area contributed by atoms with E-state index >= 15 is 0 Å². The van der Waals surface area contributed by atoms with Crippen LogP contribution in [0.25, 0.3) is 0 Å². The third-order valence-electron chi connectivity index (χ3n) is 4.99. The SMILES string of the molecule is C#CCC(CCCCCCCCCC)O[Si](C)(C)C(C)(C)C. The molecule has 1 unspecified atom stereocenters. The average molecular weight is 325 g/mol. The van der Waals surface area contributed by atoms with E-state index < -0.39 is 8.32 Å². The first-order valence-electron chi connectivity index (χ1n) is 9.36. The van der Waals surface area contributed by atoms with Gasteiger partial charge in [0.1, 0.15) is 0 Å². The highest BCUT2D eigenvalue weighted by molar-refractivity contribution is 6.74. The molecule has 0 aliphatic carbocycles. The summed E-state index contributed by atoms with van der Waals surface area (Å²) < 4.78 is 6.50. The molecule has 0 fully saturated rings. The molecule has 0 saturated carbocycles. The Balaban J connectivity index is 3.99. The van der Waals surface area contributed by atoms with E-state index in [0.717, 1.165) is 12.8 Å². The highest BCUT2D eigenvalue weighted by Crippen LogP contribution is 2.38. The lowest BCUT2D eigenvalue weighted by molar-refractivity contribution is 0.172. The van der Waals surface area contributed by atoms with Crippen molar-refractivity contribution < 1.29 is 4.43 Å². The summed E-state index contributed by atoms with van der Waals surface area (Å²) >= 11 is 0. The normalized spacial score (nSPS) is 13.9. The van der Waals surface area contributed by atoms with Crippen LogP contribution in [0.1, 0.15) is 91.9 Å². The molecule has 0 rings (SSSR count). The molecule has 2 heteroatoms. The zero-order valence-corrected chi connectivity index (χ0v) is 17.1. The lowest BCUT2D eigenvalue weighted by Gasteiger charge is -2.39. The Morgan fingerprint density at radius 1 is 0.955 bits per heavy atom. The summed E-state index contributed by atoms with van der Waals surface area (Å²) in [5.74, 6) is 2.81. The molecule has 0 aromatic rings. The monoisotopic (exact) mass is 324 g/mol. The van der Waals surface area contributed by atoms with Crippen LogP contribution in [0.15, 0.2) is 0 Å². The van der Waals surface area contributed by atoms with Gasteiger partial charge in [-0.1, -0.05) is 79.1 Å². The zero-order chi connectivity index (χ0) is 17.1. The Bertz CT molecular complexity index is 309. The summed E-state index contributed by atoms with van der Waals surface area (Å²) in [7, 11) is -1.69. The molecule has 0 aromatic carbocycles. The van der Waals surface area contributed by atoms with Crippen LogP contribution in [0, 0.1) is 12.3 Å². The second-order valence-corrected chi connectivity index (χ2v) is 12.9. The Kier molecular flexibility index (Phi) is 11.2. The van der Waals surface area contributed by atoms with Crippen molar-refractivity contribution >= 4 is 8.32 Å². The average Bonchev–Trinajstić information content (AvgIpc) is 2.40. The molecule has 1 atom stereocenters. The van der Waals surface area contributed by atoms with Gasteiger partial charge in [0, 0.05) is 6.42 Å². The quantitative estimate of drug-likeness (QED) is 0.215. The minimum atomic E-state index is -1.69. The summed E-state index contributed by atoms with van der Waals surface area (Å²) in [5.41, 5.74) is 0. The van der Waals surface area contributed by atoms with Gasteiger partial charge < -0.3 is 4.43 Å². The van der Waals surface area contributed by atoms with Gasteiger partial charge in [-0.05, 0) is 24.6 Å². The number of unbranched alkanes of at least 4 members (excludes halogenated alkanes) is 7. The molecular formula is C20H40OSi. The number of terminal acetylenes is 1. The molecule has 0 radical (unpaired) electrons. The lowest BCUT2D eigenvalue weighted by atomic mass is 10.0. The molecule has 0 saturated heterocycles. The predicted octanol–water partition coefficient (Wildman–Crippen LogP) is 6.93. The van der Waals surface area contributed by atoms with E-state index in [4.69, 9.17) is 10.8 Å². The van der Waals surface area contributed by atoms with Crippen LogP contribution in [0.5, 0.6) is 0 Å². The van der Waals surface area contributed by atoms with Crippen molar-refractivity contribution in [2.75, 3.05) is 0 Å². The first-order chi connectivity index (χ1) is 10.2. The van der Waals surface area contributed by atoms with Crippen molar-refractivity contribution in [3.8, 4) is 12.3 Å². The number of hydrogen-bond donors (Lipinski definition) is 0. The topological polar surface area (TPSA) is 9.23 Å². The fourth-order valence-corrected chi connectivity index (χ4v) is 3.82. The Hall–Kier alpha value is -0.263.